The SMILES string of the molecule is CC/C=C\C/C=C\C/C=C\C/C=C\C/C=C\C/C=C\C/C=C\CCCC(=O)OC(/C=C\C/C=C\CC)/C=C\CCCCCC(=O)NCC(=O)O. The Hall–Kier alpha value is -4.19. The maximum atomic E-state index is 12.5. The van der Waals surface area contributed by atoms with Crippen molar-refractivity contribution in [1.29, 1.82) is 0 Å². The Kier molecular flexibility index (Phi) is 34.5. The van der Waals surface area contributed by atoms with E-state index < -0.39 is 12.1 Å². The average Bonchev–Trinajstić information content (AvgIpc) is 3.10. The fourth-order valence-corrected chi connectivity index (χ4v) is 4.40. The number of allylic oxidation sites excluding steroid dienone is 18. The first-order valence-corrected chi connectivity index (χ1v) is 18.7. The number of hydrogen-bond acceptors (Lipinski definition) is 4. The van der Waals surface area contributed by atoms with Crippen LogP contribution in [0.1, 0.15) is 123 Å². The van der Waals surface area contributed by atoms with E-state index in [9.17, 15) is 14.4 Å². The molecular formula is C44H65NO5. The summed E-state index contributed by atoms with van der Waals surface area (Å²) in [6, 6.07) is 0. The van der Waals surface area contributed by atoms with Gasteiger partial charge in [0.2, 0.25) is 5.91 Å². The molecule has 0 saturated heterocycles. The van der Waals surface area contributed by atoms with Crippen molar-refractivity contribution in [3.8, 4) is 0 Å². The van der Waals surface area contributed by atoms with Crippen LogP contribution in [-0.2, 0) is 19.1 Å². The predicted molar refractivity (Wildman–Crippen MR) is 212 cm³/mol. The van der Waals surface area contributed by atoms with Gasteiger partial charge in [0.05, 0.1) is 0 Å². The highest BCUT2D eigenvalue weighted by atomic mass is 16.5. The lowest BCUT2D eigenvalue weighted by molar-refractivity contribution is -0.145. The summed E-state index contributed by atoms with van der Waals surface area (Å²) >= 11 is 0. The van der Waals surface area contributed by atoms with Gasteiger partial charge in [-0.1, -0.05) is 130 Å². The van der Waals surface area contributed by atoms with Gasteiger partial charge in [0.15, 0.2) is 0 Å². The van der Waals surface area contributed by atoms with Crippen LogP contribution < -0.4 is 5.32 Å². The van der Waals surface area contributed by atoms with Gasteiger partial charge in [-0.15, -0.1) is 0 Å². The van der Waals surface area contributed by atoms with Gasteiger partial charge >= 0.3 is 11.9 Å². The number of nitrogens with one attached hydrogen (secondary N) is 1. The normalized spacial score (nSPS) is 13.5. The van der Waals surface area contributed by atoms with E-state index in [2.05, 4.69) is 116 Å². The second kappa shape index (κ2) is 37.6. The number of hydrogen-bond donors (Lipinski definition) is 2. The van der Waals surface area contributed by atoms with E-state index in [4.69, 9.17) is 9.84 Å². The van der Waals surface area contributed by atoms with E-state index in [-0.39, 0.29) is 18.4 Å². The summed E-state index contributed by atoms with van der Waals surface area (Å²) in [5.41, 5.74) is 0. The van der Waals surface area contributed by atoms with Crippen molar-refractivity contribution < 1.29 is 24.2 Å². The molecule has 0 aliphatic rings. The Morgan fingerprint density at radius 2 is 0.960 bits per heavy atom. The van der Waals surface area contributed by atoms with Crippen LogP contribution in [0.5, 0.6) is 0 Å². The lowest BCUT2D eigenvalue weighted by Crippen LogP contribution is -2.28. The Morgan fingerprint density at radius 1 is 0.520 bits per heavy atom. The first-order chi connectivity index (χ1) is 24.5. The van der Waals surface area contributed by atoms with Gasteiger partial charge in [0.25, 0.3) is 0 Å². The van der Waals surface area contributed by atoms with Gasteiger partial charge < -0.3 is 15.2 Å². The molecular weight excluding hydrogens is 622 g/mol. The number of carboxylic acids is 1. The maximum Gasteiger partial charge on any atom is 0.322 e. The molecule has 0 aromatic rings. The van der Waals surface area contributed by atoms with Crippen LogP contribution in [0.25, 0.3) is 0 Å². The number of carbonyl (C=O) groups excluding carboxylic acids is 2. The third-order valence-corrected chi connectivity index (χ3v) is 7.09. The first kappa shape index (κ1) is 45.8. The number of ether oxygens (including phenoxy) is 1. The fourth-order valence-electron chi connectivity index (χ4n) is 4.40. The van der Waals surface area contributed by atoms with E-state index in [1.54, 1.807) is 0 Å². The number of aliphatic carboxylic acids is 1. The molecule has 0 rings (SSSR count). The highest BCUT2D eigenvalue weighted by Gasteiger charge is 2.08. The van der Waals surface area contributed by atoms with Gasteiger partial charge in [-0.2, -0.15) is 0 Å². The fraction of sp³-hybridized carbons (Fsp3) is 0.477. The molecule has 50 heavy (non-hydrogen) atoms. The Bertz CT molecular complexity index is 1160. The van der Waals surface area contributed by atoms with Gasteiger partial charge in [-0.3, -0.25) is 14.4 Å². The number of carboxylic acid groups (broad SMARTS) is 1. The van der Waals surface area contributed by atoms with Gasteiger partial charge in [0, 0.05) is 12.8 Å². The summed E-state index contributed by atoms with van der Waals surface area (Å²) in [4.78, 5) is 34.6. The van der Waals surface area contributed by atoms with E-state index in [1.807, 2.05) is 24.3 Å². The summed E-state index contributed by atoms with van der Waals surface area (Å²) < 4.78 is 5.72. The standard InChI is InChI=1S/C44H65NO5/c1-3-5-7-9-10-11-12-13-14-15-16-17-18-19-20-21-22-23-24-25-26-31-35-39-44(49)50-41(36-32-28-8-6-4-2)37-33-29-27-30-34-38-42(46)45-40-43(47)48/h5-8,10-11,13-14,16-17,19-20,22-23,25-26,32-33,36-37,41H,3-4,9,12,15,18,21,24,27-31,34-35,38-40H2,1-2H3,(H,45,46)(H,47,48)/b7-5-,8-6-,11-10-,14-13-,17-16-,20-19-,23-22-,26-25-,36-32-,37-33-. The minimum Gasteiger partial charge on any atom is -0.480 e. The molecule has 0 aromatic heterocycles. The summed E-state index contributed by atoms with van der Waals surface area (Å²) in [5, 5.41) is 11.0. The number of rotatable bonds is 31. The Morgan fingerprint density at radius 3 is 1.46 bits per heavy atom. The maximum absolute atomic E-state index is 12.5. The predicted octanol–water partition coefficient (Wildman–Crippen LogP) is 11.3. The quantitative estimate of drug-likeness (QED) is 0.0430. The Labute approximate surface area is 303 Å². The van der Waals surface area contributed by atoms with Gasteiger partial charge in [-0.05, 0) is 102 Å². The largest absolute Gasteiger partial charge is 0.480 e. The van der Waals surface area contributed by atoms with Crippen LogP contribution in [0.4, 0.5) is 0 Å². The summed E-state index contributed by atoms with van der Waals surface area (Å²) in [7, 11) is 0. The van der Waals surface area contributed by atoms with Crippen LogP contribution in [-0.4, -0.2) is 35.6 Å². The summed E-state index contributed by atoms with van der Waals surface area (Å²) in [5.74, 6) is -1.48. The Balaban J connectivity index is 4.18. The molecule has 0 heterocycles. The van der Waals surface area contributed by atoms with Crippen molar-refractivity contribution >= 4 is 17.8 Å². The molecule has 276 valence electrons. The van der Waals surface area contributed by atoms with E-state index in [0.717, 1.165) is 89.9 Å². The molecule has 0 aliphatic carbocycles. The first-order valence-electron chi connectivity index (χ1n) is 18.7. The molecule has 0 bridgehead atoms. The molecule has 1 amide bonds. The minimum absolute atomic E-state index is 0.203. The molecule has 0 spiro atoms. The third-order valence-electron chi connectivity index (χ3n) is 7.09. The van der Waals surface area contributed by atoms with Gasteiger partial charge in [0.1, 0.15) is 12.6 Å². The molecule has 1 unspecified atom stereocenters. The average molecular weight is 688 g/mol. The van der Waals surface area contributed by atoms with E-state index in [0.29, 0.717) is 19.3 Å². The zero-order valence-electron chi connectivity index (χ0n) is 30.9. The summed E-state index contributed by atoms with van der Waals surface area (Å²) in [6.45, 7) is 3.90. The minimum atomic E-state index is -1.04. The van der Waals surface area contributed by atoms with Crippen LogP contribution in [0.2, 0.25) is 0 Å². The van der Waals surface area contributed by atoms with Crippen LogP contribution >= 0.6 is 0 Å². The third kappa shape index (κ3) is 36.6. The number of esters is 1. The smallest absolute Gasteiger partial charge is 0.322 e. The monoisotopic (exact) mass is 687 g/mol. The van der Waals surface area contributed by atoms with Crippen LogP contribution in [0, 0.1) is 0 Å². The zero-order chi connectivity index (χ0) is 36.6. The number of amides is 1. The summed E-state index contributed by atoms with van der Waals surface area (Å²) in [6.07, 6.45) is 56.6. The number of unbranched alkanes of at least 4 members (excludes halogenated alkanes) is 4. The molecule has 6 nitrogen and oxygen atoms in total. The topological polar surface area (TPSA) is 92.7 Å². The van der Waals surface area contributed by atoms with Crippen molar-refractivity contribution in [2.45, 2.75) is 129 Å². The molecule has 1 atom stereocenters. The van der Waals surface area contributed by atoms with E-state index >= 15 is 0 Å². The van der Waals surface area contributed by atoms with Crippen molar-refractivity contribution in [1.82, 2.24) is 5.32 Å². The molecule has 0 fully saturated rings. The second-order valence-corrected chi connectivity index (χ2v) is 11.7. The van der Waals surface area contributed by atoms with Crippen LogP contribution in [0.3, 0.4) is 0 Å². The second-order valence-electron chi connectivity index (χ2n) is 11.7. The lowest BCUT2D eigenvalue weighted by Gasteiger charge is -2.10. The molecule has 0 radical (unpaired) electrons. The van der Waals surface area contributed by atoms with Gasteiger partial charge in [-0.25, -0.2) is 0 Å². The van der Waals surface area contributed by atoms with Crippen molar-refractivity contribution in [2.24, 2.45) is 0 Å². The van der Waals surface area contributed by atoms with Crippen molar-refractivity contribution in [2.75, 3.05) is 6.54 Å². The molecule has 2 N–H and O–H groups in total. The van der Waals surface area contributed by atoms with Crippen molar-refractivity contribution in [3.63, 3.8) is 0 Å². The molecule has 0 aliphatic heterocycles. The highest BCUT2D eigenvalue weighted by Crippen LogP contribution is 2.09. The van der Waals surface area contributed by atoms with E-state index in [1.165, 1.54) is 0 Å². The zero-order valence-corrected chi connectivity index (χ0v) is 30.9. The van der Waals surface area contributed by atoms with Crippen molar-refractivity contribution in [3.05, 3.63) is 122 Å². The molecule has 0 aromatic carbocycles. The highest BCUT2D eigenvalue weighted by molar-refractivity contribution is 5.80. The lowest BCUT2D eigenvalue weighted by atomic mass is 10.1. The molecule has 0 saturated carbocycles. The molecule has 6 heteroatoms. The van der Waals surface area contributed by atoms with Crippen LogP contribution in [0.15, 0.2) is 122 Å². The number of carbonyl (C=O) groups is 3.